The molecule has 0 fully saturated rings. The fourth-order valence-electron chi connectivity index (χ4n) is 1.80. The second-order valence-electron chi connectivity index (χ2n) is 3.91. The minimum atomic E-state index is 0.0731. The van der Waals surface area contributed by atoms with Crippen LogP contribution in [0.3, 0.4) is 0 Å². The van der Waals surface area contributed by atoms with E-state index in [0.717, 1.165) is 17.9 Å². The second-order valence-corrected chi connectivity index (χ2v) is 3.91. The summed E-state index contributed by atoms with van der Waals surface area (Å²) in [7, 11) is 0. The SMILES string of the molecule is CCOCCOc1ccc2c(c1)NC(=O)CC2. The molecule has 0 unspecified atom stereocenters. The topological polar surface area (TPSA) is 47.6 Å². The number of benzene rings is 1. The maximum absolute atomic E-state index is 11.3. The summed E-state index contributed by atoms with van der Waals surface area (Å²) in [6, 6.07) is 5.81. The van der Waals surface area contributed by atoms with Crippen molar-refractivity contribution in [3.8, 4) is 5.75 Å². The van der Waals surface area contributed by atoms with Crippen LogP contribution < -0.4 is 10.1 Å². The van der Waals surface area contributed by atoms with Crippen LogP contribution >= 0.6 is 0 Å². The predicted octanol–water partition coefficient (Wildman–Crippen LogP) is 1.99. The molecule has 0 radical (unpaired) electrons. The molecule has 92 valence electrons. The third kappa shape index (κ3) is 3.20. The van der Waals surface area contributed by atoms with E-state index >= 15 is 0 Å². The number of rotatable bonds is 5. The second kappa shape index (κ2) is 5.68. The smallest absolute Gasteiger partial charge is 0.224 e. The third-order valence-corrected chi connectivity index (χ3v) is 2.68. The summed E-state index contributed by atoms with van der Waals surface area (Å²) in [5.41, 5.74) is 2.04. The summed E-state index contributed by atoms with van der Waals surface area (Å²) in [5, 5.41) is 2.85. The van der Waals surface area contributed by atoms with Gasteiger partial charge in [0.05, 0.1) is 6.61 Å². The summed E-state index contributed by atoms with van der Waals surface area (Å²) in [5.74, 6) is 0.842. The largest absolute Gasteiger partial charge is 0.491 e. The molecule has 4 nitrogen and oxygen atoms in total. The van der Waals surface area contributed by atoms with Crippen molar-refractivity contribution in [3.05, 3.63) is 23.8 Å². The average molecular weight is 235 g/mol. The predicted molar refractivity (Wildman–Crippen MR) is 65.4 cm³/mol. The lowest BCUT2D eigenvalue weighted by molar-refractivity contribution is -0.116. The number of carbonyl (C=O) groups is 1. The number of aryl methyl sites for hydroxylation is 1. The average Bonchev–Trinajstić information content (AvgIpc) is 2.34. The number of carbonyl (C=O) groups excluding carboxylic acids is 1. The Labute approximate surface area is 101 Å². The Morgan fingerprint density at radius 1 is 1.29 bits per heavy atom. The van der Waals surface area contributed by atoms with Gasteiger partial charge < -0.3 is 14.8 Å². The van der Waals surface area contributed by atoms with Gasteiger partial charge in [-0.2, -0.15) is 0 Å². The van der Waals surface area contributed by atoms with Crippen LogP contribution in [0.4, 0.5) is 5.69 Å². The van der Waals surface area contributed by atoms with Crippen LogP contribution in [-0.4, -0.2) is 25.7 Å². The molecule has 0 saturated carbocycles. The Kier molecular flexibility index (Phi) is 3.98. The van der Waals surface area contributed by atoms with Gasteiger partial charge in [-0.05, 0) is 25.0 Å². The van der Waals surface area contributed by atoms with Crippen LogP contribution in [0.15, 0.2) is 18.2 Å². The van der Waals surface area contributed by atoms with E-state index in [9.17, 15) is 4.79 Å². The van der Waals surface area contributed by atoms with Gasteiger partial charge in [0, 0.05) is 24.8 Å². The zero-order valence-corrected chi connectivity index (χ0v) is 9.99. The summed E-state index contributed by atoms with van der Waals surface area (Å²) >= 11 is 0. The molecular weight excluding hydrogens is 218 g/mol. The molecule has 1 aromatic carbocycles. The monoisotopic (exact) mass is 235 g/mol. The van der Waals surface area contributed by atoms with E-state index in [1.165, 1.54) is 5.56 Å². The van der Waals surface area contributed by atoms with Crippen molar-refractivity contribution in [2.75, 3.05) is 25.1 Å². The number of nitrogens with one attached hydrogen (secondary N) is 1. The normalized spacial score (nSPS) is 14.1. The van der Waals surface area contributed by atoms with Crippen LogP contribution in [0, 0.1) is 0 Å². The van der Waals surface area contributed by atoms with Gasteiger partial charge in [-0.15, -0.1) is 0 Å². The quantitative estimate of drug-likeness (QED) is 0.794. The zero-order chi connectivity index (χ0) is 12.1. The molecule has 0 aliphatic carbocycles. The van der Waals surface area contributed by atoms with Crippen molar-refractivity contribution in [2.45, 2.75) is 19.8 Å². The molecule has 0 bridgehead atoms. The van der Waals surface area contributed by atoms with E-state index in [-0.39, 0.29) is 5.91 Å². The summed E-state index contributed by atoms with van der Waals surface area (Å²) in [4.78, 5) is 11.3. The molecule has 1 aliphatic rings. The van der Waals surface area contributed by atoms with Crippen molar-refractivity contribution in [1.82, 2.24) is 0 Å². The minimum absolute atomic E-state index is 0.0731. The Morgan fingerprint density at radius 2 is 2.18 bits per heavy atom. The molecule has 1 N–H and O–H groups in total. The van der Waals surface area contributed by atoms with Crippen LogP contribution in [-0.2, 0) is 16.0 Å². The number of fused-ring (bicyclic) bond motifs is 1. The minimum Gasteiger partial charge on any atom is -0.491 e. The molecule has 1 amide bonds. The fraction of sp³-hybridized carbons (Fsp3) is 0.462. The molecule has 1 aliphatic heterocycles. The maximum Gasteiger partial charge on any atom is 0.224 e. The van der Waals surface area contributed by atoms with E-state index in [4.69, 9.17) is 9.47 Å². The highest BCUT2D eigenvalue weighted by atomic mass is 16.5. The number of hydrogen-bond acceptors (Lipinski definition) is 3. The summed E-state index contributed by atoms with van der Waals surface area (Å²) < 4.78 is 10.7. The van der Waals surface area contributed by atoms with Gasteiger partial charge in [0.25, 0.3) is 0 Å². The number of hydrogen-bond donors (Lipinski definition) is 1. The van der Waals surface area contributed by atoms with Crippen molar-refractivity contribution in [3.63, 3.8) is 0 Å². The van der Waals surface area contributed by atoms with E-state index in [1.54, 1.807) is 0 Å². The molecule has 1 aromatic rings. The van der Waals surface area contributed by atoms with Gasteiger partial charge in [0.15, 0.2) is 0 Å². The van der Waals surface area contributed by atoms with Gasteiger partial charge in [-0.3, -0.25) is 4.79 Å². The highest BCUT2D eigenvalue weighted by molar-refractivity contribution is 5.94. The van der Waals surface area contributed by atoms with Gasteiger partial charge in [0.1, 0.15) is 12.4 Å². The van der Waals surface area contributed by atoms with E-state index in [1.807, 2.05) is 25.1 Å². The third-order valence-electron chi connectivity index (χ3n) is 2.68. The van der Waals surface area contributed by atoms with Crippen molar-refractivity contribution < 1.29 is 14.3 Å². The lowest BCUT2D eigenvalue weighted by atomic mass is 10.0. The van der Waals surface area contributed by atoms with Crippen LogP contribution in [0.2, 0.25) is 0 Å². The zero-order valence-electron chi connectivity index (χ0n) is 9.99. The van der Waals surface area contributed by atoms with Crippen molar-refractivity contribution in [2.24, 2.45) is 0 Å². The maximum atomic E-state index is 11.3. The first-order valence-electron chi connectivity index (χ1n) is 5.93. The van der Waals surface area contributed by atoms with Crippen LogP contribution in [0.5, 0.6) is 5.75 Å². The standard InChI is InChI=1S/C13H17NO3/c1-2-16-7-8-17-11-5-3-10-4-6-13(15)14-12(10)9-11/h3,5,9H,2,4,6-8H2,1H3,(H,14,15). The lowest BCUT2D eigenvalue weighted by Crippen LogP contribution is -2.19. The molecule has 0 saturated heterocycles. The molecule has 0 atom stereocenters. The van der Waals surface area contributed by atoms with E-state index in [0.29, 0.717) is 26.2 Å². The first kappa shape index (κ1) is 11.9. The fourth-order valence-corrected chi connectivity index (χ4v) is 1.80. The molecule has 17 heavy (non-hydrogen) atoms. The van der Waals surface area contributed by atoms with Crippen LogP contribution in [0.25, 0.3) is 0 Å². The molecule has 1 heterocycles. The molecule has 4 heteroatoms. The highest BCUT2D eigenvalue weighted by Gasteiger charge is 2.14. The van der Waals surface area contributed by atoms with Gasteiger partial charge in [-0.25, -0.2) is 0 Å². The summed E-state index contributed by atoms with van der Waals surface area (Å²) in [6.07, 6.45) is 1.37. The van der Waals surface area contributed by atoms with Crippen LogP contribution in [0.1, 0.15) is 18.9 Å². The van der Waals surface area contributed by atoms with Gasteiger partial charge in [-0.1, -0.05) is 6.07 Å². The summed E-state index contributed by atoms with van der Waals surface area (Å²) in [6.45, 7) is 3.76. The Bertz CT molecular complexity index is 404. The Morgan fingerprint density at radius 3 is 3.00 bits per heavy atom. The number of anilines is 1. The van der Waals surface area contributed by atoms with Crippen molar-refractivity contribution in [1.29, 1.82) is 0 Å². The van der Waals surface area contributed by atoms with Crippen molar-refractivity contribution >= 4 is 11.6 Å². The number of amides is 1. The van der Waals surface area contributed by atoms with Gasteiger partial charge >= 0.3 is 0 Å². The molecule has 2 rings (SSSR count). The van der Waals surface area contributed by atoms with Gasteiger partial charge in [0.2, 0.25) is 5.91 Å². The Hall–Kier alpha value is -1.55. The van der Waals surface area contributed by atoms with E-state index < -0.39 is 0 Å². The molecule has 0 spiro atoms. The van der Waals surface area contributed by atoms with E-state index in [2.05, 4.69) is 5.32 Å². The number of ether oxygens (including phenoxy) is 2. The first-order chi connectivity index (χ1) is 8.29. The Balaban J connectivity index is 1.95. The highest BCUT2D eigenvalue weighted by Crippen LogP contribution is 2.26. The molecular formula is C13H17NO3. The first-order valence-corrected chi connectivity index (χ1v) is 5.93. The lowest BCUT2D eigenvalue weighted by Gasteiger charge is -2.17. The molecule has 0 aromatic heterocycles.